The maximum Gasteiger partial charge on any atom is 0.256 e. The molecule has 0 bridgehead atoms. The highest BCUT2D eigenvalue weighted by Crippen LogP contribution is 2.16. The standard InChI is InChI=1S/C12H14BrN3O2/c1-9(17)15-5-7-16(8-6-15)12(18)10-3-2-4-14-11(10)13/h2-4H,5-8H2,1H3. The number of amides is 2. The van der Waals surface area contributed by atoms with Gasteiger partial charge in [-0.15, -0.1) is 0 Å². The Balaban J connectivity index is 2.04. The van der Waals surface area contributed by atoms with Crippen LogP contribution in [0.5, 0.6) is 0 Å². The largest absolute Gasteiger partial charge is 0.339 e. The van der Waals surface area contributed by atoms with Gasteiger partial charge in [-0.25, -0.2) is 4.98 Å². The molecule has 2 rings (SSSR count). The fourth-order valence-electron chi connectivity index (χ4n) is 1.94. The third-order valence-corrected chi connectivity index (χ3v) is 3.63. The number of carbonyl (C=O) groups is 2. The Morgan fingerprint density at radius 3 is 2.39 bits per heavy atom. The average Bonchev–Trinajstić information content (AvgIpc) is 2.38. The first-order chi connectivity index (χ1) is 8.59. The quantitative estimate of drug-likeness (QED) is 0.731. The van der Waals surface area contributed by atoms with Gasteiger partial charge in [0.25, 0.3) is 5.91 Å². The number of aromatic nitrogens is 1. The van der Waals surface area contributed by atoms with Crippen LogP contribution < -0.4 is 0 Å². The van der Waals surface area contributed by atoms with E-state index in [9.17, 15) is 9.59 Å². The van der Waals surface area contributed by atoms with Crippen LogP contribution in [-0.4, -0.2) is 52.8 Å². The van der Waals surface area contributed by atoms with Crippen molar-refractivity contribution in [2.75, 3.05) is 26.2 Å². The van der Waals surface area contributed by atoms with Crippen LogP contribution in [-0.2, 0) is 4.79 Å². The molecule has 18 heavy (non-hydrogen) atoms. The maximum atomic E-state index is 12.2. The van der Waals surface area contributed by atoms with Gasteiger partial charge < -0.3 is 9.80 Å². The van der Waals surface area contributed by atoms with Crippen molar-refractivity contribution in [3.63, 3.8) is 0 Å². The van der Waals surface area contributed by atoms with E-state index in [1.165, 1.54) is 0 Å². The van der Waals surface area contributed by atoms with E-state index >= 15 is 0 Å². The lowest BCUT2D eigenvalue weighted by atomic mass is 10.2. The zero-order valence-corrected chi connectivity index (χ0v) is 11.7. The second-order valence-corrected chi connectivity index (χ2v) is 4.89. The second-order valence-electron chi connectivity index (χ2n) is 4.14. The summed E-state index contributed by atoms with van der Waals surface area (Å²) in [5.74, 6) is 0.0165. The van der Waals surface area contributed by atoms with Crippen LogP contribution in [0.2, 0.25) is 0 Å². The number of carbonyl (C=O) groups excluding carboxylic acids is 2. The SMILES string of the molecule is CC(=O)N1CCN(C(=O)c2cccnc2Br)CC1. The summed E-state index contributed by atoms with van der Waals surface area (Å²) in [6.45, 7) is 3.88. The van der Waals surface area contributed by atoms with Crippen molar-refractivity contribution in [1.29, 1.82) is 0 Å². The van der Waals surface area contributed by atoms with Crippen LogP contribution in [0.25, 0.3) is 0 Å². The summed E-state index contributed by atoms with van der Waals surface area (Å²) >= 11 is 3.28. The Labute approximate surface area is 114 Å². The minimum Gasteiger partial charge on any atom is -0.339 e. The number of rotatable bonds is 1. The number of nitrogens with zero attached hydrogens (tertiary/aromatic N) is 3. The van der Waals surface area contributed by atoms with Crippen molar-refractivity contribution in [2.45, 2.75) is 6.92 Å². The minimum atomic E-state index is -0.0434. The van der Waals surface area contributed by atoms with Crippen LogP contribution in [0.4, 0.5) is 0 Å². The van der Waals surface area contributed by atoms with E-state index < -0.39 is 0 Å². The molecule has 1 aromatic rings. The molecule has 1 aliphatic heterocycles. The van der Waals surface area contributed by atoms with Crippen molar-refractivity contribution in [2.24, 2.45) is 0 Å². The number of hydrogen-bond acceptors (Lipinski definition) is 3. The molecular weight excluding hydrogens is 298 g/mol. The molecule has 0 spiro atoms. The third kappa shape index (κ3) is 2.69. The molecule has 1 aromatic heterocycles. The monoisotopic (exact) mass is 311 g/mol. The molecular formula is C12H14BrN3O2. The molecule has 96 valence electrons. The Morgan fingerprint density at radius 2 is 1.83 bits per heavy atom. The van der Waals surface area contributed by atoms with Gasteiger partial charge in [0, 0.05) is 39.3 Å². The smallest absolute Gasteiger partial charge is 0.256 e. The molecule has 0 aromatic carbocycles. The Hall–Kier alpha value is -1.43. The first-order valence-corrected chi connectivity index (χ1v) is 6.54. The van der Waals surface area contributed by atoms with Crippen LogP contribution >= 0.6 is 15.9 Å². The first-order valence-electron chi connectivity index (χ1n) is 5.75. The number of pyridine rings is 1. The van der Waals surface area contributed by atoms with Gasteiger partial charge in [0.15, 0.2) is 0 Å². The van der Waals surface area contributed by atoms with Crippen LogP contribution in [0.3, 0.4) is 0 Å². The molecule has 1 aliphatic rings. The molecule has 0 aliphatic carbocycles. The molecule has 0 saturated carbocycles. The molecule has 0 N–H and O–H groups in total. The van der Waals surface area contributed by atoms with Gasteiger partial charge in [0.1, 0.15) is 4.60 Å². The Bertz CT molecular complexity index is 470. The predicted octanol–water partition coefficient (Wildman–Crippen LogP) is 1.15. The van der Waals surface area contributed by atoms with Gasteiger partial charge in [-0.3, -0.25) is 9.59 Å². The highest BCUT2D eigenvalue weighted by Gasteiger charge is 2.24. The van der Waals surface area contributed by atoms with Crippen molar-refractivity contribution in [3.05, 3.63) is 28.5 Å². The van der Waals surface area contributed by atoms with E-state index in [4.69, 9.17) is 0 Å². The first kappa shape index (κ1) is 13.0. The predicted molar refractivity (Wildman–Crippen MR) is 70.1 cm³/mol. The fourth-order valence-corrected chi connectivity index (χ4v) is 2.36. The summed E-state index contributed by atoms with van der Waals surface area (Å²) in [5.41, 5.74) is 0.564. The van der Waals surface area contributed by atoms with Crippen molar-refractivity contribution < 1.29 is 9.59 Å². The topological polar surface area (TPSA) is 53.5 Å². The summed E-state index contributed by atoms with van der Waals surface area (Å²) in [6, 6.07) is 3.49. The molecule has 1 saturated heterocycles. The third-order valence-electron chi connectivity index (χ3n) is 3.00. The summed E-state index contributed by atoms with van der Waals surface area (Å²) < 4.78 is 0.559. The lowest BCUT2D eigenvalue weighted by Crippen LogP contribution is -2.50. The molecule has 0 unspecified atom stereocenters. The molecule has 2 amide bonds. The second kappa shape index (κ2) is 5.48. The van der Waals surface area contributed by atoms with E-state index in [1.807, 2.05) is 0 Å². The number of halogens is 1. The molecule has 6 heteroatoms. The number of piperazine rings is 1. The Morgan fingerprint density at radius 1 is 1.22 bits per heavy atom. The summed E-state index contributed by atoms with van der Waals surface area (Å²) in [4.78, 5) is 31.0. The van der Waals surface area contributed by atoms with Crippen LogP contribution in [0.1, 0.15) is 17.3 Å². The summed E-state index contributed by atoms with van der Waals surface area (Å²) in [5, 5.41) is 0. The molecule has 2 heterocycles. The fraction of sp³-hybridized carbons (Fsp3) is 0.417. The van der Waals surface area contributed by atoms with Gasteiger partial charge in [0.05, 0.1) is 5.56 Å². The van der Waals surface area contributed by atoms with Crippen molar-refractivity contribution >= 4 is 27.7 Å². The van der Waals surface area contributed by atoms with Gasteiger partial charge in [-0.05, 0) is 28.1 Å². The highest BCUT2D eigenvalue weighted by molar-refractivity contribution is 9.10. The molecule has 5 nitrogen and oxygen atoms in total. The minimum absolute atomic E-state index is 0.0434. The van der Waals surface area contributed by atoms with E-state index in [0.717, 1.165) is 0 Å². The number of hydrogen-bond donors (Lipinski definition) is 0. The van der Waals surface area contributed by atoms with Crippen molar-refractivity contribution in [3.8, 4) is 0 Å². The lowest BCUT2D eigenvalue weighted by Gasteiger charge is -2.34. The highest BCUT2D eigenvalue weighted by atomic mass is 79.9. The average molecular weight is 312 g/mol. The lowest BCUT2D eigenvalue weighted by molar-refractivity contribution is -0.130. The molecule has 0 atom stereocenters. The van der Waals surface area contributed by atoms with Gasteiger partial charge >= 0.3 is 0 Å². The van der Waals surface area contributed by atoms with Crippen molar-refractivity contribution in [1.82, 2.24) is 14.8 Å². The van der Waals surface area contributed by atoms with Crippen LogP contribution in [0, 0.1) is 0 Å². The zero-order chi connectivity index (χ0) is 13.1. The van der Waals surface area contributed by atoms with Crippen LogP contribution in [0.15, 0.2) is 22.9 Å². The maximum absolute atomic E-state index is 12.2. The van der Waals surface area contributed by atoms with E-state index in [0.29, 0.717) is 36.3 Å². The van der Waals surface area contributed by atoms with Gasteiger partial charge in [-0.2, -0.15) is 0 Å². The molecule has 1 fully saturated rings. The van der Waals surface area contributed by atoms with Gasteiger partial charge in [0.2, 0.25) is 5.91 Å². The van der Waals surface area contributed by atoms with E-state index in [-0.39, 0.29) is 11.8 Å². The van der Waals surface area contributed by atoms with Gasteiger partial charge in [-0.1, -0.05) is 0 Å². The summed E-state index contributed by atoms with van der Waals surface area (Å²) in [6.07, 6.45) is 1.63. The zero-order valence-electron chi connectivity index (χ0n) is 10.1. The molecule has 0 radical (unpaired) electrons. The van der Waals surface area contributed by atoms with E-state index in [2.05, 4.69) is 20.9 Å². The summed E-state index contributed by atoms with van der Waals surface area (Å²) in [7, 11) is 0. The van der Waals surface area contributed by atoms with E-state index in [1.54, 1.807) is 35.1 Å². The normalized spacial score (nSPS) is 15.7. The Kier molecular flexibility index (Phi) is 3.96.